The lowest BCUT2D eigenvalue weighted by atomic mass is 10.0. The van der Waals surface area contributed by atoms with Crippen molar-refractivity contribution in [2.75, 3.05) is 52.9 Å². The predicted molar refractivity (Wildman–Crippen MR) is 161 cm³/mol. The highest BCUT2D eigenvalue weighted by Gasteiger charge is 2.14. The van der Waals surface area contributed by atoms with Crippen molar-refractivity contribution < 1.29 is 33.3 Å². The summed E-state index contributed by atoms with van der Waals surface area (Å²) in [5.41, 5.74) is 0. The van der Waals surface area contributed by atoms with Gasteiger partial charge in [0.05, 0.1) is 46.2 Å². The predicted octanol–water partition coefficient (Wildman–Crippen LogP) is 7.54. The van der Waals surface area contributed by atoms with E-state index in [1.165, 1.54) is 57.8 Å². The summed E-state index contributed by atoms with van der Waals surface area (Å²) in [5, 5.41) is 0. The average Bonchev–Trinajstić information content (AvgIpc) is 2.93. The third-order valence-corrected chi connectivity index (χ3v) is 7.14. The van der Waals surface area contributed by atoms with Crippen molar-refractivity contribution in [1.29, 1.82) is 0 Å². The third kappa shape index (κ3) is 25.7. The fourth-order valence-corrected chi connectivity index (χ4v) is 4.69. The van der Waals surface area contributed by atoms with Crippen LogP contribution in [0.1, 0.15) is 129 Å². The lowest BCUT2D eigenvalue weighted by Crippen LogP contribution is -2.19. The number of ether oxygens (including phenoxy) is 5. The molecule has 1 aliphatic carbocycles. The van der Waals surface area contributed by atoms with Gasteiger partial charge in [0.15, 0.2) is 0 Å². The van der Waals surface area contributed by atoms with Crippen LogP contribution in [0.15, 0.2) is 12.2 Å². The maximum absolute atomic E-state index is 12.0. The van der Waals surface area contributed by atoms with Gasteiger partial charge in [0.2, 0.25) is 0 Å². The second kappa shape index (κ2) is 29.2. The zero-order chi connectivity index (χ0) is 28.8. The molecule has 1 aliphatic rings. The fourth-order valence-electron chi connectivity index (χ4n) is 4.69. The highest BCUT2D eigenvalue weighted by Crippen LogP contribution is 2.16. The Labute approximate surface area is 245 Å². The van der Waals surface area contributed by atoms with Crippen LogP contribution >= 0.6 is 0 Å². The minimum atomic E-state index is -0.119. The number of esters is 1. The largest absolute Gasteiger partial charge is 0.462 e. The fraction of sp³-hybridized carbons (Fsp3) is 0.879. The normalized spacial score (nSPS) is 16.4. The first kappa shape index (κ1) is 36.7. The zero-order valence-corrected chi connectivity index (χ0v) is 25.7. The monoisotopic (exact) mass is 568 g/mol. The van der Waals surface area contributed by atoms with E-state index in [0.717, 1.165) is 38.5 Å². The molecule has 0 radical (unpaired) electrons. The van der Waals surface area contributed by atoms with Crippen LogP contribution in [-0.4, -0.2) is 70.7 Å². The van der Waals surface area contributed by atoms with Crippen LogP contribution in [0, 0.1) is 0 Å². The maximum Gasteiger partial charge on any atom is 0.306 e. The van der Waals surface area contributed by atoms with Crippen molar-refractivity contribution in [3.63, 3.8) is 0 Å². The maximum atomic E-state index is 12.0. The van der Waals surface area contributed by atoms with Gasteiger partial charge in [-0.2, -0.15) is 0 Å². The molecule has 0 fully saturated rings. The molecule has 0 N–H and O–H groups in total. The summed E-state index contributed by atoms with van der Waals surface area (Å²) in [6.07, 6.45) is 24.6. The van der Waals surface area contributed by atoms with Crippen molar-refractivity contribution in [2.45, 2.75) is 135 Å². The van der Waals surface area contributed by atoms with E-state index >= 15 is 0 Å². The quantitative estimate of drug-likeness (QED) is 0.0548. The van der Waals surface area contributed by atoms with Crippen molar-refractivity contribution in [2.24, 2.45) is 0 Å². The molecular formula is C33H60O7. The van der Waals surface area contributed by atoms with Gasteiger partial charge in [-0.05, 0) is 44.9 Å². The highest BCUT2D eigenvalue weighted by atomic mass is 16.6. The average molecular weight is 569 g/mol. The Hall–Kier alpha value is -1.28. The number of unbranched alkanes of at least 4 members (excludes halogenated alkanes) is 9. The summed E-state index contributed by atoms with van der Waals surface area (Å²) in [6, 6.07) is 0. The standard InChI is InChI=1S/C33H60O7/c1-2-3-4-5-6-7-8-9-11-14-18-31(34)22-24-37-26-28-39-30-29-38-27-25-36-23-17-21-33(35)40-32-19-15-12-10-13-16-20-32/h10,12,32H,2-9,11,13-30H2,1H3/b12-10+. The van der Waals surface area contributed by atoms with Crippen LogP contribution in [0.25, 0.3) is 0 Å². The van der Waals surface area contributed by atoms with E-state index in [1.54, 1.807) is 0 Å². The molecule has 1 atom stereocenters. The number of carbonyl (C=O) groups is 2. The number of hydrogen-bond donors (Lipinski definition) is 0. The van der Waals surface area contributed by atoms with E-state index in [0.29, 0.717) is 84.3 Å². The molecule has 0 saturated heterocycles. The van der Waals surface area contributed by atoms with E-state index in [2.05, 4.69) is 19.1 Å². The third-order valence-electron chi connectivity index (χ3n) is 7.14. The molecule has 0 amide bonds. The van der Waals surface area contributed by atoms with Crippen LogP contribution in [0.3, 0.4) is 0 Å². The van der Waals surface area contributed by atoms with Crippen molar-refractivity contribution in [1.82, 2.24) is 0 Å². The summed E-state index contributed by atoms with van der Waals surface area (Å²) < 4.78 is 27.6. The molecule has 0 spiro atoms. The molecular weight excluding hydrogens is 508 g/mol. The Kier molecular flexibility index (Phi) is 26.8. The lowest BCUT2D eigenvalue weighted by molar-refractivity contribution is -0.150. The van der Waals surface area contributed by atoms with Gasteiger partial charge in [-0.15, -0.1) is 0 Å². The number of carbonyl (C=O) groups excluding carboxylic acids is 2. The highest BCUT2D eigenvalue weighted by molar-refractivity contribution is 5.78. The van der Waals surface area contributed by atoms with E-state index < -0.39 is 0 Å². The second-order valence-electron chi connectivity index (χ2n) is 10.9. The summed E-state index contributed by atoms with van der Waals surface area (Å²) in [7, 11) is 0. The Morgan fingerprint density at radius 3 is 1.77 bits per heavy atom. The molecule has 1 rings (SSSR count). The molecule has 7 heteroatoms. The Bertz CT molecular complexity index is 608. The molecule has 0 bridgehead atoms. The van der Waals surface area contributed by atoms with Gasteiger partial charge < -0.3 is 23.7 Å². The van der Waals surface area contributed by atoms with Crippen molar-refractivity contribution >= 4 is 11.8 Å². The smallest absolute Gasteiger partial charge is 0.306 e. The SMILES string of the molecule is CCCCCCCCCCCCC(=O)CCOCCOCCOCCOCCCC(=O)OC1CC/C=C/CCC1. The molecule has 1 unspecified atom stereocenters. The molecule has 7 nitrogen and oxygen atoms in total. The number of ketones is 1. The van der Waals surface area contributed by atoms with Gasteiger partial charge in [-0.25, -0.2) is 0 Å². The first-order valence-electron chi connectivity index (χ1n) is 16.4. The van der Waals surface area contributed by atoms with E-state index in [9.17, 15) is 9.59 Å². The van der Waals surface area contributed by atoms with Crippen LogP contribution in [0.4, 0.5) is 0 Å². The first-order chi connectivity index (χ1) is 19.7. The number of allylic oxidation sites excluding steroid dienone is 2. The van der Waals surface area contributed by atoms with Gasteiger partial charge in [-0.1, -0.05) is 76.9 Å². The van der Waals surface area contributed by atoms with E-state index in [1.807, 2.05) is 0 Å². The van der Waals surface area contributed by atoms with Gasteiger partial charge in [0.1, 0.15) is 11.9 Å². The number of rotatable bonds is 28. The van der Waals surface area contributed by atoms with Crippen LogP contribution in [-0.2, 0) is 33.3 Å². The van der Waals surface area contributed by atoms with E-state index in [4.69, 9.17) is 23.7 Å². The van der Waals surface area contributed by atoms with Gasteiger partial charge in [0, 0.05) is 25.9 Å². The van der Waals surface area contributed by atoms with Crippen LogP contribution < -0.4 is 0 Å². The van der Waals surface area contributed by atoms with Crippen molar-refractivity contribution in [3.8, 4) is 0 Å². The molecule has 0 heterocycles. The van der Waals surface area contributed by atoms with Gasteiger partial charge in [0.25, 0.3) is 0 Å². The number of hydrogen-bond acceptors (Lipinski definition) is 7. The number of Topliss-reactive ketones (excluding diaryl/α,β-unsaturated/α-hetero) is 1. The minimum Gasteiger partial charge on any atom is -0.462 e. The molecule has 0 aromatic heterocycles. The Morgan fingerprint density at radius 1 is 0.575 bits per heavy atom. The molecule has 234 valence electrons. The molecule has 0 aliphatic heterocycles. The summed E-state index contributed by atoms with van der Waals surface area (Å²) in [4.78, 5) is 24.0. The molecule has 40 heavy (non-hydrogen) atoms. The summed E-state index contributed by atoms with van der Waals surface area (Å²) >= 11 is 0. The van der Waals surface area contributed by atoms with Crippen LogP contribution in [0.5, 0.6) is 0 Å². The molecule has 0 saturated carbocycles. The van der Waals surface area contributed by atoms with Gasteiger partial charge in [-0.3, -0.25) is 9.59 Å². The lowest BCUT2D eigenvalue weighted by Gasteiger charge is -2.18. The second-order valence-corrected chi connectivity index (χ2v) is 10.9. The van der Waals surface area contributed by atoms with Crippen LogP contribution in [0.2, 0.25) is 0 Å². The Morgan fingerprint density at radius 2 is 1.12 bits per heavy atom. The van der Waals surface area contributed by atoms with Crippen molar-refractivity contribution in [3.05, 3.63) is 12.2 Å². The summed E-state index contributed by atoms with van der Waals surface area (Å²) in [6.45, 7) is 6.26. The molecule has 0 aromatic rings. The molecule has 0 aromatic carbocycles. The van der Waals surface area contributed by atoms with E-state index in [-0.39, 0.29) is 12.1 Å². The first-order valence-corrected chi connectivity index (χ1v) is 16.4. The zero-order valence-electron chi connectivity index (χ0n) is 25.7. The van der Waals surface area contributed by atoms with Gasteiger partial charge >= 0.3 is 5.97 Å². The topological polar surface area (TPSA) is 80.3 Å². The summed E-state index contributed by atoms with van der Waals surface area (Å²) in [5.74, 6) is 0.186. The Balaban J connectivity index is 1.74. The minimum absolute atomic E-state index is 0.0637.